The minimum atomic E-state index is -4.84. The van der Waals surface area contributed by atoms with Crippen molar-refractivity contribution in [3.8, 4) is 11.8 Å². The molecule has 0 saturated carbocycles. The highest BCUT2D eigenvalue weighted by molar-refractivity contribution is 9.10. The number of halogens is 4. The van der Waals surface area contributed by atoms with Crippen molar-refractivity contribution >= 4 is 21.7 Å². The molecule has 1 aromatic heterocycles. The largest absolute Gasteiger partial charge is 0.573 e. The number of rotatable bonds is 1. The molecule has 0 saturated heterocycles. The lowest BCUT2D eigenvalue weighted by Crippen LogP contribution is -2.18. The normalized spacial score (nSPS) is 10.9. The van der Waals surface area contributed by atoms with Crippen LogP contribution in [0.3, 0.4) is 0 Å². The number of nitrogens with two attached hydrogens (primary N) is 1. The average Bonchev–Trinajstić information content (AvgIpc) is 2.09. The van der Waals surface area contributed by atoms with Gasteiger partial charge in [0.05, 0.1) is 10.7 Å². The van der Waals surface area contributed by atoms with Gasteiger partial charge in [-0.2, -0.15) is 5.26 Å². The van der Waals surface area contributed by atoms with Crippen LogP contribution in [0, 0.1) is 11.3 Å². The van der Waals surface area contributed by atoms with Gasteiger partial charge in [-0.05, 0) is 15.9 Å². The predicted molar refractivity (Wildman–Crippen MR) is 47.7 cm³/mol. The van der Waals surface area contributed by atoms with E-state index in [0.29, 0.717) is 0 Å². The van der Waals surface area contributed by atoms with Gasteiger partial charge in [-0.3, -0.25) is 0 Å². The predicted octanol–water partition coefficient (Wildman–Crippen LogP) is 2.20. The van der Waals surface area contributed by atoms with E-state index >= 15 is 0 Å². The average molecular weight is 282 g/mol. The van der Waals surface area contributed by atoms with Crippen LogP contribution in [0.2, 0.25) is 0 Å². The summed E-state index contributed by atoms with van der Waals surface area (Å²) in [4.78, 5) is 3.40. The first kappa shape index (κ1) is 11.6. The van der Waals surface area contributed by atoms with Gasteiger partial charge < -0.3 is 10.5 Å². The highest BCUT2D eigenvalue weighted by atomic mass is 79.9. The molecule has 4 nitrogen and oxygen atoms in total. The zero-order valence-electron chi connectivity index (χ0n) is 6.97. The summed E-state index contributed by atoms with van der Waals surface area (Å²) < 4.78 is 39.1. The summed E-state index contributed by atoms with van der Waals surface area (Å²) in [6.45, 7) is 0. The molecule has 0 fully saturated rings. The van der Waals surface area contributed by atoms with Gasteiger partial charge in [0, 0.05) is 0 Å². The number of nitrogens with zero attached hydrogens (tertiary/aromatic N) is 2. The molecule has 0 aliphatic rings. The van der Waals surface area contributed by atoms with Gasteiger partial charge in [0.15, 0.2) is 5.75 Å². The highest BCUT2D eigenvalue weighted by Gasteiger charge is 2.32. The number of nitrogen functional groups attached to an aromatic ring is 1. The van der Waals surface area contributed by atoms with E-state index in [1.54, 1.807) is 6.07 Å². The van der Waals surface area contributed by atoms with E-state index in [1.807, 2.05) is 0 Å². The maximum Gasteiger partial charge on any atom is 0.573 e. The van der Waals surface area contributed by atoms with Crippen LogP contribution in [0.5, 0.6) is 5.75 Å². The van der Waals surface area contributed by atoms with E-state index in [2.05, 4.69) is 25.7 Å². The second-order valence-corrected chi connectivity index (χ2v) is 3.15. The van der Waals surface area contributed by atoms with Crippen LogP contribution in [0.1, 0.15) is 5.56 Å². The van der Waals surface area contributed by atoms with Crippen LogP contribution in [-0.4, -0.2) is 11.3 Å². The maximum atomic E-state index is 11.9. The van der Waals surface area contributed by atoms with E-state index in [1.165, 1.54) is 0 Å². The van der Waals surface area contributed by atoms with E-state index in [-0.39, 0.29) is 15.9 Å². The molecule has 8 heteroatoms. The van der Waals surface area contributed by atoms with Gasteiger partial charge in [-0.25, -0.2) is 4.98 Å². The molecule has 0 aromatic carbocycles. The number of ether oxygens (including phenoxy) is 1. The van der Waals surface area contributed by atoms with Crippen LogP contribution in [0.15, 0.2) is 10.7 Å². The Morgan fingerprint density at radius 1 is 1.53 bits per heavy atom. The molecule has 0 radical (unpaired) electrons. The second-order valence-electron chi connectivity index (χ2n) is 2.36. The molecule has 1 rings (SSSR count). The number of nitriles is 1. The first-order valence-electron chi connectivity index (χ1n) is 3.45. The molecular formula is C7H3BrF3N3O. The van der Waals surface area contributed by atoms with Crippen molar-refractivity contribution in [1.29, 1.82) is 5.26 Å². The molecule has 0 aliphatic heterocycles. The number of hydrogen-bond donors (Lipinski definition) is 1. The van der Waals surface area contributed by atoms with Crippen molar-refractivity contribution in [3.63, 3.8) is 0 Å². The Kier molecular flexibility index (Phi) is 3.04. The van der Waals surface area contributed by atoms with Crippen molar-refractivity contribution < 1.29 is 17.9 Å². The fraction of sp³-hybridized carbons (Fsp3) is 0.143. The molecule has 1 heterocycles. The Labute approximate surface area is 90.6 Å². The summed E-state index contributed by atoms with van der Waals surface area (Å²) in [5.74, 6) is -0.771. The Morgan fingerprint density at radius 3 is 2.60 bits per heavy atom. The molecule has 0 spiro atoms. The smallest absolute Gasteiger partial charge is 0.403 e. The first-order chi connectivity index (χ1) is 6.85. The third-order valence-corrected chi connectivity index (χ3v) is 2.14. The second kappa shape index (κ2) is 3.94. The van der Waals surface area contributed by atoms with E-state index in [0.717, 1.165) is 6.20 Å². The molecule has 0 bridgehead atoms. The van der Waals surface area contributed by atoms with E-state index in [4.69, 9.17) is 11.0 Å². The summed E-state index contributed by atoms with van der Waals surface area (Å²) in [5, 5.41) is 8.59. The zero-order chi connectivity index (χ0) is 11.6. The lowest BCUT2D eigenvalue weighted by atomic mass is 10.3. The summed E-state index contributed by atoms with van der Waals surface area (Å²) in [7, 11) is 0. The third-order valence-electron chi connectivity index (χ3n) is 1.35. The molecule has 1 aromatic rings. The number of alkyl halides is 3. The maximum absolute atomic E-state index is 11.9. The summed E-state index contributed by atoms with van der Waals surface area (Å²) in [6, 6.07) is 1.61. The SMILES string of the molecule is N#Cc1c(N)ncc(OC(F)(F)F)c1Br. The topological polar surface area (TPSA) is 71.9 Å². The van der Waals surface area contributed by atoms with E-state index in [9.17, 15) is 13.2 Å². The van der Waals surface area contributed by atoms with Crippen LogP contribution in [0.4, 0.5) is 19.0 Å². The van der Waals surface area contributed by atoms with Crippen LogP contribution in [-0.2, 0) is 0 Å². The number of aromatic nitrogens is 1. The lowest BCUT2D eigenvalue weighted by molar-refractivity contribution is -0.275. The molecule has 0 amide bonds. The van der Waals surface area contributed by atoms with Gasteiger partial charge >= 0.3 is 6.36 Å². The van der Waals surface area contributed by atoms with Crippen LogP contribution in [0.25, 0.3) is 0 Å². The third kappa shape index (κ3) is 2.73. The van der Waals surface area contributed by atoms with Crippen molar-refractivity contribution in [2.45, 2.75) is 6.36 Å². The quantitative estimate of drug-likeness (QED) is 0.857. The van der Waals surface area contributed by atoms with E-state index < -0.39 is 12.1 Å². The Morgan fingerprint density at radius 2 is 2.13 bits per heavy atom. The Bertz CT molecular complexity index is 427. The minimum Gasteiger partial charge on any atom is -0.403 e. The monoisotopic (exact) mass is 281 g/mol. The van der Waals surface area contributed by atoms with Crippen molar-refractivity contribution in [1.82, 2.24) is 4.98 Å². The van der Waals surface area contributed by atoms with Crippen molar-refractivity contribution in [2.75, 3.05) is 5.73 Å². The summed E-state index contributed by atoms with van der Waals surface area (Å²) >= 11 is 2.78. The van der Waals surface area contributed by atoms with Crippen molar-refractivity contribution in [3.05, 3.63) is 16.2 Å². The van der Waals surface area contributed by atoms with Gasteiger partial charge in [-0.1, -0.05) is 0 Å². The van der Waals surface area contributed by atoms with Gasteiger partial charge in [-0.15, -0.1) is 13.2 Å². The number of anilines is 1. The zero-order valence-corrected chi connectivity index (χ0v) is 8.56. The standard InChI is InChI=1S/C7H3BrF3N3O/c8-5-3(1-12)6(13)14-2-4(5)15-7(9,10)11/h2H,(H2,13,14). The summed E-state index contributed by atoms with van der Waals surface area (Å²) in [6.07, 6.45) is -4.05. The molecule has 15 heavy (non-hydrogen) atoms. The molecular weight excluding hydrogens is 279 g/mol. The summed E-state index contributed by atoms with van der Waals surface area (Å²) in [5.41, 5.74) is 5.07. The lowest BCUT2D eigenvalue weighted by Gasteiger charge is -2.11. The van der Waals surface area contributed by atoms with Crippen molar-refractivity contribution in [2.24, 2.45) is 0 Å². The van der Waals surface area contributed by atoms with Gasteiger partial charge in [0.1, 0.15) is 17.5 Å². The first-order valence-corrected chi connectivity index (χ1v) is 4.24. The Hall–Kier alpha value is -1.49. The van der Waals surface area contributed by atoms with Crippen LogP contribution >= 0.6 is 15.9 Å². The minimum absolute atomic E-state index is 0.168. The number of hydrogen-bond acceptors (Lipinski definition) is 4. The molecule has 0 atom stereocenters. The molecule has 0 aliphatic carbocycles. The highest BCUT2D eigenvalue weighted by Crippen LogP contribution is 2.33. The van der Waals surface area contributed by atoms with Crippen LogP contribution < -0.4 is 10.5 Å². The molecule has 0 unspecified atom stereocenters. The fourth-order valence-corrected chi connectivity index (χ4v) is 1.26. The fourth-order valence-electron chi connectivity index (χ4n) is 0.787. The molecule has 2 N–H and O–H groups in total. The number of pyridine rings is 1. The van der Waals surface area contributed by atoms with Gasteiger partial charge in [0.25, 0.3) is 0 Å². The van der Waals surface area contributed by atoms with Gasteiger partial charge in [0.2, 0.25) is 0 Å². The molecule has 80 valence electrons. The Balaban J connectivity index is 3.18.